The topological polar surface area (TPSA) is 21.7 Å². The van der Waals surface area contributed by atoms with Gasteiger partial charge in [-0.2, -0.15) is 0 Å². The molecule has 0 amide bonds. The minimum absolute atomic E-state index is 0.190. The van der Waals surface area contributed by atoms with Crippen LogP contribution in [0, 0.1) is 0 Å². The summed E-state index contributed by atoms with van der Waals surface area (Å²) in [5.74, 6) is 0.945. The van der Waals surface area contributed by atoms with Crippen LogP contribution in [0.5, 0.6) is 5.75 Å². The van der Waals surface area contributed by atoms with Crippen molar-refractivity contribution < 1.29 is 9.47 Å². The van der Waals surface area contributed by atoms with E-state index in [4.69, 9.17) is 9.47 Å². The van der Waals surface area contributed by atoms with Gasteiger partial charge in [0.25, 0.3) is 0 Å². The van der Waals surface area contributed by atoms with E-state index in [1.807, 2.05) is 30.3 Å². The highest BCUT2D eigenvalue weighted by atomic mass is 32.2. The van der Waals surface area contributed by atoms with E-state index in [-0.39, 0.29) is 5.44 Å². The number of hydrogen-bond acceptors (Lipinski definition) is 4. The van der Waals surface area contributed by atoms with Crippen LogP contribution in [-0.4, -0.2) is 36.0 Å². The Balaban J connectivity index is 1.83. The lowest BCUT2D eigenvalue weighted by atomic mass is 10.3. The molecular weight excluding hydrogens is 234 g/mol. The molecule has 1 saturated heterocycles. The molecule has 2 rings (SSSR count). The molecule has 0 bridgehead atoms. The first-order valence-electron chi connectivity index (χ1n) is 6.09. The molecule has 1 fully saturated rings. The van der Waals surface area contributed by atoms with Crippen molar-refractivity contribution in [2.24, 2.45) is 0 Å². The summed E-state index contributed by atoms with van der Waals surface area (Å²) in [5.41, 5.74) is 0.190. The van der Waals surface area contributed by atoms with Crippen molar-refractivity contribution in [1.82, 2.24) is 4.31 Å². The molecule has 17 heavy (non-hydrogen) atoms. The van der Waals surface area contributed by atoms with Crippen molar-refractivity contribution in [2.75, 3.05) is 26.3 Å². The molecule has 4 heteroatoms. The van der Waals surface area contributed by atoms with Crippen LogP contribution in [0.15, 0.2) is 30.3 Å². The Hall–Kier alpha value is -0.710. The second-order valence-corrected chi connectivity index (χ2v) is 5.17. The SMILES string of the molecule is CCC(Oc1ccccc1)SN1CCOCC1. The monoisotopic (exact) mass is 253 g/mol. The van der Waals surface area contributed by atoms with Crippen molar-refractivity contribution in [3.05, 3.63) is 30.3 Å². The third kappa shape index (κ3) is 4.22. The molecule has 1 atom stereocenters. The zero-order chi connectivity index (χ0) is 11.9. The fourth-order valence-electron chi connectivity index (χ4n) is 1.65. The van der Waals surface area contributed by atoms with Gasteiger partial charge in [0.15, 0.2) is 5.44 Å². The van der Waals surface area contributed by atoms with Crippen molar-refractivity contribution >= 4 is 11.9 Å². The van der Waals surface area contributed by atoms with Gasteiger partial charge >= 0.3 is 0 Å². The zero-order valence-corrected chi connectivity index (χ0v) is 11.0. The number of hydrogen-bond donors (Lipinski definition) is 0. The lowest BCUT2D eigenvalue weighted by Gasteiger charge is -2.29. The van der Waals surface area contributed by atoms with Crippen LogP contribution in [0.4, 0.5) is 0 Å². The van der Waals surface area contributed by atoms with Crippen LogP contribution < -0.4 is 4.74 Å². The number of rotatable bonds is 5. The summed E-state index contributed by atoms with van der Waals surface area (Å²) in [4.78, 5) is 0. The van der Waals surface area contributed by atoms with E-state index in [0.29, 0.717) is 0 Å². The molecule has 0 saturated carbocycles. The highest BCUT2D eigenvalue weighted by Gasteiger charge is 2.17. The smallest absolute Gasteiger partial charge is 0.158 e. The largest absolute Gasteiger partial charge is 0.479 e. The fourth-order valence-corrected chi connectivity index (χ4v) is 2.64. The fraction of sp³-hybridized carbons (Fsp3) is 0.538. The van der Waals surface area contributed by atoms with Gasteiger partial charge in [-0.25, -0.2) is 4.31 Å². The van der Waals surface area contributed by atoms with Gasteiger partial charge < -0.3 is 9.47 Å². The predicted molar refractivity (Wildman–Crippen MR) is 71.1 cm³/mol. The van der Waals surface area contributed by atoms with Gasteiger partial charge in [0.05, 0.1) is 13.2 Å². The van der Waals surface area contributed by atoms with Gasteiger partial charge in [-0.3, -0.25) is 0 Å². The molecule has 1 aliphatic rings. The van der Waals surface area contributed by atoms with E-state index in [2.05, 4.69) is 11.2 Å². The average Bonchev–Trinajstić information content (AvgIpc) is 2.40. The first-order valence-corrected chi connectivity index (χ1v) is 6.93. The van der Waals surface area contributed by atoms with E-state index >= 15 is 0 Å². The molecule has 0 radical (unpaired) electrons. The molecule has 1 aromatic carbocycles. The molecule has 0 aromatic heterocycles. The maximum Gasteiger partial charge on any atom is 0.158 e. The van der Waals surface area contributed by atoms with Gasteiger partial charge in [-0.05, 0) is 30.5 Å². The maximum atomic E-state index is 5.95. The minimum Gasteiger partial charge on any atom is -0.479 e. The molecule has 0 aliphatic carbocycles. The Labute approximate surface area is 107 Å². The Morgan fingerprint density at radius 1 is 1.29 bits per heavy atom. The summed E-state index contributed by atoms with van der Waals surface area (Å²) in [6, 6.07) is 10.0. The van der Waals surface area contributed by atoms with Crippen LogP contribution in [0.25, 0.3) is 0 Å². The maximum absolute atomic E-state index is 5.95. The summed E-state index contributed by atoms with van der Waals surface area (Å²) in [5, 5.41) is 0. The first-order chi connectivity index (χ1) is 8.38. The van der Waals surface area contributed by atoms with Crippen molar-refractivity contribution in [2.45, 2.75) is 18.8 Å². The summed E-state index contributed by atoms with van der Waals surface area (Å²) in [6.45, 7) is 5.78. The molecule has 0 N–H and O–H groups in total. The lowest BCUT2D eigenvalue weighted by Crippen LogP contribution is -2.33. The van der Waals surface area contributed by atoms with Crippen LogP contribution in [0.2, 0.25) is 0 Å². The Kier molecular flexibility index (Phi) is 5.16. The standard InChI is InChI=1S/C13H19NO2S/c1-2-13(16-12-6-4-3-5-7-12)17-14-8-10-15-11-9-14/h3-7,13H,2,8-11H2,1H3. The number of ether oxygens (including phenoxy) is 2. The zero-order valence-electron chi connectivity index (χ0n) is 10.2. The van der Waals surface area contributed by atoms with E-state index in [1.54, 1.807) is 11.9 Å². The quantitative estimate of drug-likeness (QED) is 0.594. The predicted octanol–water partition coefficient (Wildman–Crippen LogP) is 2.78. The van der Waals surface area contributed by atoms with Gasteiger partial charge in [0.1, 0.15) is 5.75 Å². The second kappa shape index (κ2) is 6.89. The van der Waals surface area contributed by atoms with Crippen LogP contribution in [-0.2, 0) is 4.74 Å². The summed E-state index contributed by atoms with van der Waals surface area (Å²) in [7, 11) is 0. The molecule has 3 nitrogen and oxygen atoms in total. The highest BCUT2D eigenvalue weighted by Crippen LogP contribution is 2.24. The van der Waals surface area contributed by atoms with Crippen molar-refractivity contribution in [1.29, 1.82) is 0 Å². The van der Waals surface area contributed by atoms with Gasteiger partial charge in [-0.1, -0.05) is 25.1 Å². The van der Waals surface area contributed by atoms with Crippen molar-refractivity contribution in [3.8, 4) is 5.75 Å². The third-order valence-electron chi connectivity index (χ3n) is 2.58. The molecule has 1 heterocycles. The molecule has 1 aliphatic heterocycles. The van der Waals surface area contributed by atoms with E-state index in [9.17, 15) is 0 Å². The third-order valence-corrected chi connectivity index (χ3v) is 3.91. The number of para-hydroxylation sites is 1. The molecule has 94 valence electrons. The summed E-state index contributed by atoms with van der Waals surface area (Å²) >= 11 is 1.79. The number of nitrogens with zero attached hydrogens (tertiary/aromatic N) is 1. The van der Waals surface area contributed by atoms with Gasteiger partial charge in [0.2, 0.25) is 0 Å². The Morgan fingerprint density at radius 2 is 2.00 bits per heavy atom. The van der Waals surface area contributed by atoms with Crippen LogP contribution >= 0.6 is 11.9 Å². The van der Waals surface area contributed by atoms with E-state index in [1.165, 1.54) is 0 Å². The van der Waals surface area contributed by atoms with Crippen molar-refractivity contribution in [3.63, 3.8) is 0 Å². The summed E-state index contributed by atoms with van der Waals surface area (Å²) < 4.78 is 13.6. The summed E-state index contributed by atoms with van der Waals surface area (Å²) in [6.07, 6.45) is 0.997. The molecule has 1 aromatic rings. The average molecular weight is 253 g/mol. The minimum atomic E-state index is 0.190. The van der Waals surface area contributed by atoms with E-state index < -0.39 is 0 Å². The number of benzene rings is 1. The lowest BCUT2D eigenvalue weighted by molar-refractivity contribution is 0.0760. The highest BCUT2D eigenvalue weighted by molar-refractivity contribution is 7.97. The Bertz CT molecular complexity index is 314. The molecule has 1 unspecified atom stereocenters. The molecular formula is C13H19NO2S. The molecule has 0 spiro atoms. The van der Waals surface area contributed by atoms with Gasteiger partial charge in [0, 0.05) is 13.1 Å². The normalized spacial score (nSPS) is 18.9. The first kappa shape index (κ1) is 12.7. The Morgan fingerprint density at radius 3 is 2.65 bits per heavy atom. The van der Waals surface area contributed by atoms with Crippen LogP contribution in [0.3, 0.4) is 0 Å². The second-order valence-electron chi connectivity index (χ2n) is 3.92. The van der Waals surface area contributed by atoms with Crippen LogP contribution in [0.1, 0.15) is 13.3 Å². The van der Waals surface area contributed by atoms with Gasteiger partial charge in [-0.15, -0.1) is 0 Å². The number of morpholine rings is 1. The van der Waals surface area contributed by atoms with E-state index in [0.717, 1.165) is 38.5 Å².